The third-order valence-electron chi connectivity index (χ3n) is 5.37. The summed E-state index contributed by atoms with van der Waals surface area (Å²) in [5.41, 5.74) is 1.50. The van der Waals surface area contributed by atoms with Crippen molar-refractivity contribution in [1.82, 2.24) is 0 Å². The van der Waals surface area contributed by atoms with E-state index in [1.165, 1.54) is 12.8 Å². The minimum absolute atomic E-state index is 0.120. The van der Waals surface area contributed by atoms with E-state index in [0.29, 0.717) is 17.4 Å². The highest BCUT2D eigenvalue weighted by Crippen LogP contribution is 2.63. The fourth-order valence-electron chi connectivity index (χ4n) is 3.70. The van der Waals surface area contributed by atoms with Gasteiger partial charge < -0.3 is 4.74 Å². The number of epoxide rings is 1. The molecule has 0 N–H and O–H groups in total. The fourth-order valence-corrected chi connectivity index (χ4v) is 3.70. The van der Waals surface area contributed by atoms with Crippen molar-refractivity contribution in [3.63, 3.8) is 0 Å². The summed E-state index contributed by atoms with van der Waals surface area (Å²) < 4.78 is 5.82. The lowest BCUT2D eigenvalue weighted by molar-refractivity contribution is -0.105. The predicted molar refractivity (Wildman–Crippen MR) is 66.7 cm³/mol. The molecule has 2 aliphatic carbocycles. The molecule has 1 heterocycles. The molecule has 4 atom stereocenters. The molecule has 3 aliphatic rings. The van der Waals surface area contributed by atoms with E-state index in [0.717, 1.165) is 30.6 Å². The zero-order valence-corrected chi connectivity index (χ0v) is 11.0. The standard InChI is InChI=1S/C15H22O2/c1-14(2)11-6-7-15(3)13(17-15)5-4-10(9-16)8-12(11)14/h8-9,11-13H,4-7H2,1-3H3/b10-8+/t11-,12-,13-,15-/m1/s1. The van der Waals surface area contributed by atoms with Crippen molar-refractivity contribution in [3.8, 4) is 0 Å². The zero-order valence-electron chi connectivity index (χ0n) is 11.0. The normalized spacial score (nSPS) is 50.3. The maximum absolute atomic E-state index is 11.1. The van der Waals surface area contributed by atoms with Crippen LogP contribution in [0.2, 0.25) is 0 Å². The van der Waals surface area contributed by atoms with E-state index in [1.807, 2.05) is 0 Å². The largest absolute Gasteiger partial charge is 0.366 e. The van der Waals surface area contributed by atoms with Crippen molar-refractivity contribution in [1.29, 1.82) is 0 Å². The summed E-state index contributed by atoms with van der Waals surface area (Å²) in [6.45, 7) is 6.88. The van der Waals surface area contributed by atoms with Gasteiger partial charge in [-0.2, -0.15) is 0 Å². The van der Waals surface area contributed by atoms with Gasteiger partial charge in [0.2, 0.25) is 0 Å². The first-order valence-electron chi connectivity index (χ1n) is 6.81. The highest BCUT2D eigenvalue weighted by molar-refractivity contribution is 5.73. The molecule has 2 heteroatoms. The van der Waals surface area contributed by atoms with Crippen molar-refractivity contribution in [2.24, 2.45) is 17.3 Å². The maximum Gasteiger partial charge on any atom is 0.145 e. The molecule has 0 amide bonds. The van der Waals surface area contributed by atoms with Crippen LogP contribution in [0.4, 0.5) is 0 Å². The van der Waals surface area contributed by atoms with Gasteiger partial charge >= 0.3 is 0 Å². The van der Waals surface area contributed by atoms with Gasteiger partial charge in [-0.05, 0) is 55.4 Å². The average Bonchev–Trinajstić information content (AvgIpc) is 3.07. The van der Waals surface area contributed by atoms with Gasteiger partial charge in [-0.15, -0.1) is 0 Å². The zero-order chi connectivity index (χ0) is 12.3. The molecule has 1 saturated heterocycles. The minimum Gasteiger partial charge on any atom is -0.366 e. The van der Waals surface area contributed by atoms with Crippen molar-refractivity contribution in [2.75, 3.05) is 0 Å². The van der Waals surface area contributed by atoms with Crippen LogP contribution in [0.5, 0.6) is 0 Å². The Kier molecular flexibility index (Phi) is 2.32. The first-order valence-corrected chi connectivity index (χ1v) is 6.81. The van der Waals surface area contributed by atoms with Crippen LogP contribution in [-0.4, -0.2) is 18.0 Å². The third kappa shape index (κ3) is 1.77. The van der Waals surface area contributed by atoms with Gasteiger partial charge in [0, 0.05) is 0 Å². The number of fused-ring (bicyclic) bond motifs is 2. The predicted octanol–water partition coefficient (Wildman–Crippen LogP) is 3.12. The first kappa shape index (κ1) is 11.5. The molecular formula is C15H22O2. The van der Waals surface area contributed by atoms with Crippen LogP contribution >= 0.6 is 0 Å². The number of allylic oxidation sites excluding steroid dienone is 2. The molecular weight excluding hydrogens is 212 g/mol. The smallest absolute Gasteiger partial charge is 0.145 e. The first-order chi connectivity index (χ1) is 7.97. The van der Waals surface area contributed by atoms with Crippen molar-refractivity contribution in [3.05, 3.63) is 11.6 Å². The van der Waals surface area contributed by atoms with Crippen LogP contribution in [0.15, 0.2) is 11.6 Å². The Morgan fingerprint density at radius 1 is 1.35 bits per heavy atom. The molecule has 1 saturated carbocycles. The van der Waals surface area contributed by atoms with Crippen LogP contribution in [-0.2, 0) is 9.53 Å². The summed E-state index contributed by atoms with van der Waals surface area (Å²) in [6.07, 6.45) is 8.02. The van der Waals surface area contributed by atoms with Crippen molar-refractivity contribution < 1.29 is 9.53 Å². The molecule has 2 fully saturated rings. The number of hydrogen-bond donors (Lipinski definition) is 0. The van der Waals surface area contributed by atoms with Crippen LogP contribution in [0.25, 0.3) is 0 Å². The van der Waals surface area contributed by atoms with Crippen LogP contribution in [0.1, 0.15) is 46.5 Å². The summed E-state index contributed by atoms with van der Waals surface area (Å²) in [7, 11) is 0. The van der Waals surface area contributed by atoms with E-state index in [4.69, 9.17) is 4.74 Å². The number of ether oxygens (including phenoxy) is 1. The van der Waals surface area contributed by atoms with Crippen molar-refractivity contribution >= 4 is 6.29 Å². The van der Waals surface area contributed by atoms with Gasteiger partial charge in [-0.1, -0.05) is 19.9 Å². The second-order valence-electron chi connectivity index (χ2n) is 6.81. The molecule has 0 aromatic heterocycles. The van der Waals surface area contributed by atoms with E-state index in [1.54, 1.807) is 0 Å². The van der Waals surface area contributed by atoms with E-state index in [2.05, 4.69) is 26.8 Å². The van der Waals surface area contributed by atoms with Gasteiger partial charge in [0.25, 0.3) is 0 Å². The number of hydrogen-bond acceptors (Lipinski definition) is 2. The Labute approximate surface area is 103 Å². The quantitative estimate of drug-likeness (QED) is 0.515. The Hall–Kier alpha value is -0.630. The molecule has 0 unspecified atom stereocenters. The highest BCUT2D eigenvalue weighted by Gasteiger charge is 2.59. The lowest BCUT2D eigenvalue weighted by Crippen LogP contribution is -2.11. The number of carbonyl (C=O) groups excluding carboxylic acids is 1. The molecule has 1 aliphatic heterocycles. The number of carbonyl (C=O) groups is 1. The monoisotopic (exact) mass is 234 g/mol. The van der Waals surface area contributed by atoms with Gasteiger partial charge in [0.1, 0.15) is 6.29 Å². The summed E-state index contributed by atoms with van der Waals surface area (Å²) in [5.74, 6) is 1.36. The van der Waals surface area contributed by atoms with E-state index < -0.39 is 0 Å². The van der Waals surface area contributed by atoms with Gasteiger partial charge in [-0.25, -0.2) is 0 Å². The topological polar surface area (TPSA) is 29.6 Å². The van der Waals surface area contributed by atoms with Gasteiger partial charge in [0.15, 0.2) is 0 Å². The second-order valence-corrected chi connectivity index (χ2v) is 6.81. The lowest BCUT2D eigenvalue weighted by atomic mass is 9.93. The number of rotatable bonds is 1. The summed E-state index contributed by atoms with van der Waals surface area (Å²) in [6, 6.07) is 0. The SMILES string of the molecule is CC1(C)[C@@H]2/C=C(/C=O)CC[C@H]3O[C@]3(C)CC[C@H]21. The van der Waals surface area contributed by atoms with Crippen molar-refractivity contribution in [2.45, 2.75) is 58.2 Å². The minimum atomic E-state index is 0.120. The Balaban J connectivity index is 1.81. The molecule has 0 aromatic rings. The molecule has 0 bridgehead atoms. The Bertz CT molecular complexity index is 382. The van der Waals surface area contributed by atoms with E-state index in [-0.39, 0.29) is 5.60 Å². The molecule has 0 aromatic carbocycles. The highest BCUT2D eigenvalue weighted by atomic mass is 16.6. The summed E-state index contributed by atoms with van der Waals surface area (Å²) in [5, 5.41) is 0. The summed E-state index contributed by atoms with van der Waals surface area (Å²) in [4.78, 5) is 11.1. The second kappa shape index (κ2) is 3.44. The summed E-state index contributed by atoms with van der Waals surface area (Å²) >= 11 is 0. The number of aldehydes is 1. The molecule has 94 valence electrons. The molecule has 0 spiro atoms. The molecule has 17 heavy (non-hydrogen) atoms. The van der Waals surface area contributed by atoms with Crippen LogP contribution in [0, 0.1) is 17.3 Å². The molecule has 3 rings (SSSR count). The lowest BCUT2D eigenvalue weighted by Gasteiger charge is -2.08. The Morgan fingerprint density at radius 3 is 2.82 bits per heavy atom. The van der Waals surface area contributed by atoms with Gasteiger partial charge in [-0.3, -0.25) is 4.79 Å². The Morgan fingerprint density at radius 2 is 2.12 bits per heavy atom. The van der Waals surface area contributed by atoms with Gasteiger partial charge in [0.05, 0.1) is 11.7 Å². The van der Waals surface area contributed by atoms with E-state index in [9.17, 15) is 4.79 Å². The van der Waals surface area contributed by atoms with E-state index >= 15 is 0 Å². The molecule has 0 radical (unpaired) electrons. The fraction of sp³-hybridized carbons (Fsp3) is 0.800. The third-order valence-corrected chi connectivity index (χ3v) is 5.37. The molecule has 2 nitrogen and oxygen atoms in total. The average molecular weight is 234 g/mol. The van der Waals surface area contributed by atoms with Crippen LogP contribution in [0.3, 0.4) is 0 Å². The van der Waals surface area contributed by atoms with Crippen LogP contribution < -0.4 is 0 Å². The maximum atomic E-state index is 11.1.